The van der Waals surface area contributed by atoms with Gasteiger partial charge in [-0.2, -0.15) is 0 Å². The highest BCUT2D eigenvalue weighted by molar-refractivity contribution is 7.12. The van der Waals surface area contributed by atoms with Gasteiger partial charge in [0.25, 0.3) is 0 Å². The second-order valence-corrected chi connectivity index (χ2v) is 6.88. The quantitative estimate of drug-likeness (QED) is 0.766. The van der Waals surface area contributed by atoms with Crippen LogP contribution in [-0.4, -0.2) is 24.3 Å². The molecule has 0 unspecified atom stereocenters. The Bertz CT molecular complexity index is 621. The highest BCUT2D eigenvalue weighted by Gasteiger charge is 2.14. The van der Waals surface area contributed by atoms with Crippen LogP contribution in [0.5, 0.6) is 0 Å². The first kappa shape index (κ1) is 15.2. The lowest BCUT2D eigenvalue weighted by Gasteiger charge is -2.16. The largest absolute Gasteiger partial charge is 0.295 e. The molecule has 0 aliphatic rings. The van der Waals surface area contributed by atoms with E-state index < -0.39 is 0 Å². The summed E-state index contributed by atoms with van der Waals surface area (Å²) in [7, 11) is 1.94. The van der Waals surface area contributed by atoms with Crippen LogP contribution in [0.4, 0.5) is 0 Å². The second-order valence-electron chi connectivity index (χ2n) is 5.01. The summed E-state index contributed by atoms with van der Waals surface area (Å²) < 4.78 is 0. The molecule has 2 rings (SSSR count). The van der Waals surface area contributed by atoms with Crippen molar-refractivity contribution in [3.8, 4) is 0 Å². The number of ketones is 1. The third-order valence-corrected chi connectivity index (χ3v) is 4.49. The maximum atomic E-state index is 12.3. The van der Waals surface area contributed by atoms with Gasteiger partial charge in [0, 0.05) is 26.9 Å². The summed E-state index contributed by atoms with van der Waals surface area (Å²) in [6.07, 6.45) is 0. The van der Waals surface area contributed by atoms with Crippen LogP contribution >= 0.6 is 22.9 Å². The minimum absolute atomic E-state index is 0.168. The molecule has 0 aliphatic carbocycles. The van der Waals surface area contributed by atoms with Crippen molar-refractivity contribution in [1.29, 1.82) is 0 Å². The summed E-state index contributed by atoms with van der Waals surface area (Å²) in [5.74, 6) is 0.168. The first-order valence-corrected chi connectivity index (χ1v) is 7.69. The monoisotopic (exact) mass is 307 g/mol. The standard InChI is InChI=1S/C16H18ClNOS/c1-11-8-14(12(2)20-11)16(19)10-18(3)9-13-6-4-5-7-15(13)17/h4-8H,9-10H2,1-3H3. The molecular formula is C16H18ClNOS. The molecule has 20 heavy (non-hydrogen) atoms. The van der Waals surface area contributed by atoms with Gasteiger partial charge >= 0.3 is 0 Å². The number of benzene rings is 1. The Morgan fingerprint density at radius 2 is 2.00 bits per heavy atom. The molecule has 4 heteroatoms. The van der Waals surface area contributed by atoms with Crippen LogP contribution in [0.1, 0.15) is 25.7 Å². The van der Waals surface area contributed by atoms with Crippen molar-refractivity contribution in [2.75, 3.05) is 13.6 Å². The SMILES string of the molecule is Cc1cc(C(=O)CN(C)Cc2ccccc2Cl)c(C)s1. The topological polar surface area (TPSA) is 20.3 Å². The fraction of sp³-hybridized carbons (Fsp3) is 0.312. The number of likely N-dealkylation sites (N-methyl/N-ethyl adjacent to an activating group) is 1. The van der Waals surface area contributed by atoms with E-state index in [0.29, 0.717) is 13.1 Å². The third kappa shape index (κ3) is 3.69. The third-order valence-electron chi connectivity index (χ3n) is 3.15. The lowest BCUT2D eigenvalue weighted by Crippen LogP contribution is -2.25. The molecule has 106 valence electrons. The van der Waals surface area contributed by atoms with Crippen LogP contribution in [0.2, 0.25) is 5.02 Å². The Labute approximate surface area is 129 Å². The number of hydrogen-bond acceptors (Lipinski definition) is 3. The average Bonchev–Trinajstić information content (AvgIpc) is 2.71. The van der Waals surface area contributed by atoms with E-state index in [-0.39, 0.29) is 5.78 Å². The van der Waals surface area contributed by atoms with Gasteiger partial charge in [-0.25, -0.2) is 0 Å². The zero-order valence-corrected chi connectivity index (χ0v) is 13.5. The van der Waals surface area contributed by atoms with E-state index >= 15 is 0 Å². The van der Waals surface area contributed by atoms with Crippen LogP contribution in [-0.2, 0) is 6.54 Å². The van der Waals surface area contributed by atoms with Crippen molar-refractivity contribution in [2.45, 2.75) is 20.4 Å². The van der Waals surface area contributed by atoms with Crippen molar-refractivity contribution in [3.05, 3.63) is 56.2 Å². The number of carbonyl (C=O) groups is 1. The molecule has 0 saturated heterocycles. The van der Waals surface area contributed by atoms with E-state index in [4.69, 9.17) is 11.6 Å². The maximum absolute atomic E-state index is 12.3. The number of rotatable bonds is 5. The van der Waals surface area contributed by atoms with E-state index in [1.165, 1.54) is 4.88 Å². The maximum Gasteiger partial charge on any atom is 0.177 e. The summed E-state index contributed by atoms with van der Waals surface area (Å²) in [5.41, 5.74) is 1.89. The molecule has 1 aromatic carbocycles. The summed E-state index contributed by atoms with van der Waals surface area (Å²) in [6, 6.07) is 9.71. The summed E-state index contributed by atoms with van der Waals surface area (Å²) in [5, 5.41) is 0.745. The Hall–Kier alpha value is -1.16. The first-order chi connectivity index (χ1) is 9.47. The molecular weight excluding hydrogens is 290 g/mol. The van der Waals surface area contributed by atoms with Gasteiger partial charge in [-0.05, 0) is 38.6 Å². The molecule has 0 aliphatic heterocycles. The number of carbonyl (C=O) groups excluding carboxylic acids is 1. The molecule has 1 heterocycles. The lowest BCUT2D eigenvalue weighted by molar-refractivity contribution is 0.0943. The highest BCUT2D eigenvalue weighted by atomic mass is 35.5. The second kappa shape index (κ2) is 6.53. The van der Waals surface area contributed by atoms with E-state index in [0.717, 1.165) is 21.0 Å². The first-order valence-electron chi connectivity index (χ1n) is 6.49. The lowest BCUT2D eigenvalue weighted by atomic mass is 10.1. The van der Waals surface area contributed by atoms with Crippen LogP contribution in [0.15, 0.2) is 30.3 Å². The molecule has 0 N–H and O–H groups in total. The Morgan fingerprint density at radius 1 is 1.30 bits per heavy atom. The Morgan fingerprint density at radius 3 is 2.60 bits per heavy atom. The molecule has 0 radical (unpaired) electrons. The molecule has 0 saturated carbocycles. The number of Topliss-reactive ketones (excluding diaryl/α,β-unsaturated/α-hetero) is 1. The number of halogens is 1. The van der Waals surface area contributed by atoms with Gasteiger partial charge in [0.15, 0.2) is 5.78 Å². The number of aryl methyl sites for hydroxylation is 2. The zero-order chi connectivity index (χ0) is 14.7. The fourth-order valence-corrected chi connectivity index (χ4v) is 3.35. The fourth-order valence-electron chi connectivity index (χ4n) is 2.21. The zero-order valence-electron chi connectivity index (χ0n) is 11.9. The van der Waals surface area contributed by atoms with E-state index in [1.54, 1.807) is 11.3 Å². The van der Waals surface area contributed by atoms with E-state index in [1.807, 2.05) is 56.1 Å². The highest BCUT2D eigenvalue weighted by Crippen LogP contribution is 2.22. The smallest absolute Gasteiger partial charge is 0.177 e. The minimum Gasteiger partial charge on any atom is -0.295 e. The molecule has 1 aromatic heterocycles. The molecule has 0 fully saturated rings. The number of thiophene rings is 1. The van der Waals surface area contributed by atoms with Crippen LogP contribution in [0.3, 0.4) is 0 Å². The normalized spacial score (nSPS) is 11.1. The number of nitrogens with zero attached hydrogens (tertiary/aromatic N) is 1. The van der Waals surface area contributed by atoms with Gasteiger partial charge in [0.2, 0.25) is 0 Å². The minimum atomic E-state index is 0.168. The molecule has 2 nitrogen and oxygen atoms in total. The van der Waals surface area contributed by atoms with Crippen LogP contribution < -0.4 is 0 Å². The molecule has 0 amide bonds. The Kier molecular flexibility index (Phi) is 4.97. The van der Waals surface area contributed by atoms with Crippen molar-refractivity contribution in [1.82, 2.24) is 4.90 Å². The van der Waals surface area contributed by atoms with E-state index in [9.17, 15) is 4.79 Å². The van der Waals surface area contributed by atoms with Gasteiger partial charge in [-0.15, -0.1) is 11.3 Å². The van der Waals surface area contributed by atoms with Gasteiger partial charge in [0.1, 0.15) is 0 Å². The number of hydrogen-bond donors (Lipinski definition) is 0. The molecule has 0 atom stereocenters. The van der Waals surface area contributed by atoms with Crippen molar-refractivity contribution < 1.29 is 4.79 Å². The Balaban J connectivity index is 2.01. The molecule has 0 spiro atoms. The van der Waals surface area contributed by atoms with Crippen LogP contribution in [0, 0.1) is 13.8 Å². The van der Waals surface area contributed by atoms with E-state index in [2.05, 4.69) is 0 Å². The van der Waals surface area contributed by atoms with Gasteiger partial charge in [0.05, 0.1) is 6.54 Å². The van der Waals surface area contributed by atoms with Crippen LogP contribution in [0.25, 0.3) is 0 Å². The predicted octanol–water partition coefficient (Wildman–Crippen LogP) is 4.33. The molecule has 2 aromatic rings. The predicted molar refractivity (Wildman–Crippen MR) is 85.9 cm³/mol. The van der Waals surface area contributed by atoms with Crippen molar-refractivity contribution in [3.63, 3.8) is 0 Å². The van der Waals surface area contributed by atoms with Gasteiger partial charge in [-0.1, -0.05) is 29.8 Å². The average molecular weight is 308 g/mol. The van der Waals surface area contributed by atoms with Crippen molar-refractivity contribution in [2.24, 2.45) is 0 Å². The van der Waals surface area contributed by atoms with Gasteiger partial charge < -0.3 is 0 Å². The summed E-state index contributed by atoms with van der Waals surface area (Å²) in [6.45, 7) is 5.11. The van der Waals surface area contributed by atoms with Gasteiger partial charge in [-0.3, -0.25) is 9.69 Å². The summed E-state index contributed by atoms with van der Waals surface area (Å²) in [4.78, 5) is 16.6. The molecule has 0 bridgehead atoms. The summed E-state index contributed by atoms with van der Waals surface area (Å²) >= 11 is 7.81. The van der Waals surface area contributed by atoms with Crippen molar-refractivity contribution >= 4 is 28.7 Å².